The van der Waals surface area contributed by atoms with Crippen molar-refractivity contribution in [2.75, 3.05) is 6.61 Å². The second-order valence-corrected chi connectivity index (χ2v) is 9.08. The molecule has 0 aliphatic rings. The molecule has 0 aliphatic carbocycles. The van der Waals surface area contributed by atoms with Gasteiger partial charge in [0.05, 0.1) is 5.25 Å². The van der Waals surface area contributed by atoms with Crippen LogP contribution in [0, 0.1) is 0 Å². The van der Waals surface area contributed by atoms with Crippen LogP contribution in [0.3, 0.4) is 0 Å². The molecule has 0 spiro atoms. The zero-order valence-electron chi connectivity index (χ0n) is 16.4. The lowest BCUT2D eigenvalue weighted by Crippen LogP contribution is -2.20. The van der Waals surface area contributed by atoms with Gasteiger partial charge >= 0.3 is 0 Å². The smallest absolute Gasteiger partial charge is 0.267 e. The van der Waals surface area contributed by atoms with Crippen LogP contribution in [0.2, 0.25) is 0 Å². The van der Waals surface area contributed by atoms with E-state index in [2.05, 4.69) is 6.92 Å². The van der Waals surface area contributed by atoms with Crippen molar-refractivity contribution in [1.82, 2.24) is 0 Å². The van der Waals surface area contributed by atoms with Crippen LogP contribution in [-0.4, -0.2) is 29.9 Å². The molecule has 1 unspecified atom stereocenters. The Labute approximate surface area is 156 Å². The Morgan fingerprint density at radius 3 is 1.36 bits per heavy atom. The molecule has 152 valence electrons. The van der Waals surface area contributed by atoms with Gasteiger partial charge < -0.3 is 5.11 Å². The Bertz CT molecular complexity index is 368. The van der Waals surface area contributed by atoms with Gasteiger partial charge in [0.25, 0.3) is 10.1 Å². The van der Waals surface area contributed by atoms with E-state index >= 15 is 0 Å². The van der Waals surface area contributed by atoms with Crippen LogP contribution < -0.4 is 0 Å². The molecule has 5 heteroatoms. The Morgan fingerprint density at radius 1 is 0.640 bits per heavy atom. The highest BCUT2D eigenvalue weighted by atomic mass is 32.2. The maximum absolute atomic E-state index is 11.5. The Balaban J connectivity index is 3.62. The van der Waals surface area contributed by atoms with Gasteiger partial charge in [0.15, 0.2) is 0 Å². The molecule has 25 heavy (non-hydrogen) atoms. The Morgan fingerprint density at radius 2 is 1.00 bits per heavy atom. The summed E-state index contributed by atoms with van der Waals surface area (Å²) < 4.78 is 32.4. The molecule has 2 N–H and O–H groups in total. The Kier molecular flexibility index (Phi) is 17.2. The van der Waals surface area contributed by atoms with Crippen molar-refractivity contribution in [2.24, 2.45) is 0 Å². The third-order valence-corrected chi connectivity index (χ3v) is 6.30. The van der Waals surface area contributed by atoms with Gasteiger partial charge in [0, 0.05) is 6.61 Å². The highest BCUT2D eigenvalue weighted by molar-refractivity contribution is 7.86. The first-order chi connectivity index (χ1) is 12.0. The summed E-state index contributed by atoms with van der Waals surface area (Å²) in [5, 5.41) is 8.15. The van der Waals surface area contributed by atoms with E-state index in [1.54, 1.807) is 0 Å². The van der Waals surface area contributed by atoms with Gasteiger partial charge in [-0.3, -0.25) is 4.55 Å². The van der Waals surface area contributed by atoms with Crippen LogP contribution in [0.1, 0.15) is 116 Å². The van der Waals surface area contributed by atoms with E-state index in [9.17, 15) is 13.0 Å². The van der Waals surface area contributed by atoms with Crippen LogP contribution in [-0.2, 0) is 10.1 Å². The summed E-state index contributed by atoms with van der Waals surface area (Å²) in [6.45, 7) is 2.47. The molecule has 0 radical (unpaired) electrons. The van der Waals surface area contributed by atoms with E-state index in [4.69, 9.17) is 5.11 Å². The monoisotopic (exact) mass is 378 g/mol. The molecule has 0 aromatic carbocycles. The fourth-order valence-corrected chi connectivity index (χ4v) is 4.24. The lowest BCUT2D eigenvalue weighted by Gasteiger charge is -2.13. The van der Waals surface area contributed by atoms with Crippen LogP contribution in [0.25, 0.3) is 0 Å². The first kappa shape index (κ1) is 24.9. The van der Waals surface area contributed by atoms with Crippen molar-refractivity contribution < 1.29 is 18.1 Å². The minimum atomic E-state index is -3.89. The molecule has 0 rings (SSSR count). The summed E-state index contributed by atoms with van der Waals surface area (Å²) >= 11 is 0. The van der Waals surface area contributed by atoms with Crippen molar-refractivity contribution in [3.8, 4) is 0 Å². The van der Waals surface area contributed by atoms with E-state index < -0.39 is 15.4 Å². The van der Waals surface area contributed by atoms with Gasteiger partial charge in [-0.05, 0) is 19.3 Å². The number of aliphatic hydroxyl groups excluding tert-OH is 1. The third kappa shape index (κ3) is 17.1. The molecule has 0 saturated heterocycles. The molecule has 0 amide bonds. The summed E-state index contributed by atoms with van der Waals surface area (Å²) in [5.74, 6) is 0. The lowest BCUT2D eigenvalue weighted by atomic mass is 10.0. The van der Waals surface area contributed by atoms with Crippen molar-refractivity contribution in [3.05, 3.63) is 0 Å². The van der Waals surface area contributed by atoms with Gasteiger partial charge in [-0.25, -0.2) is 0 Å². The van der Waals surface area contributed by atoms with Gasteiger partial charge in [0.1, 0.15) is 0 Å². The maximum atomic E-state index is 11.5. The lowest BCUT2D eigenvalue weighted by molar-refractivity contribution is 0.282. The summed E-state index contributed by atoms with van der Waals surface area (Å²) in [5.41, 5.74) is 0. The maximum Gasteiger partial charge on any atom is 0.267 e. The molecule has 0 aliphatic heterocycles. The molecular formula is C20H42O4S. The van der Waals surface area contributed by atoms with Gasteiger partial charge in [-0.15, -0.1) is 0 Å². The first-order valence-electron chi connectivity index (χ1n) is 10.6. The summed E-state index contributed by atoms with van der Waals surface area (Å²) in [6, 6.07) is 0. The van der Waals surface area contributed by atoms with E-state index in [0.717, 1.165) is 51.4 Å². The van der Waals surface area contributed by atoms with Crippen molar-refractivity contribution >= 4 is 10.1 Å². The second-order valence-electron chi connectivity index (χ2n) is 7.39. The zero-order chi connectivity index (χ0) is 18.8. The van der Waals surface area contributed by atoms with Crippen LogP contribution in [0.5, 0.6) is 0 Å². The van der Waals surface area contributed by atoms with Gasteiger partial charge in [0.2, 0.25) is 0 Å². The molecule has 0 saturated carbocycles. The van der Waals surface area contributed by atoms with Crippen LogP contribution in [0.4, 0.5) is 0 Å². The summed E-state index contributed by atoms with van der Waals surface area (Å²) in [4.78, 5) is 0. The first-order valence-corrected chi connectivity index (χ1v) is 12.1. The number of rotatable bonds is 19. The van der Waals surface area contributed by atoms with Crippen molar-refractivity contribution in [1.29, 1.82) is 0 Å². The van der Waals surface area contributed by atoms with E-state index in [1.807, 2.05) is 0 Å². The van der Waals surface area contributed by atoms with Gasteiger partial charge in [-0.2, -0.15) is 8.42 Å². The zero-order valence-corrected chi connectivity index (χ0v) is 17.2. The number of hydrogen-bond donors (Lipinski definition) is 2. The van der Waals surface area contributed by atoms with E-state index in [-0.39, 0.29) is 0 Å². The highest BCUT2D eigenvalue weighted by Crippen LogP contribution is 2.19. The number of aliphatic hydroxyl groups is 1. The predicted molar refractivity (Wildman–Crippen MR) is 107 cm³/mol. The fraction of sp³-hybridized carbons (Fsp3) is 1.00. The number of hydrogen-bond acceptors (Lipinski definition) is 3. The van der Waals surface area contributed by atoms with Crippen LogP contribution >= 0.6 is 0 Å². The van der Waals surface area contributed by atoms with Gasteiger partial charge in [-0.1, -0.05) is 96.8 Å². The van der Waals surface area contributed by atoms with Crippen molar-refractivity contribution in [3.63, 3.8) is 0 Å². The van der Waals surface area contributed by atoms with Crippen molar-refractivity contribution in [2.45, 2.75) is 121 Å². The standard InChI is InChI=1S/C20H42O4S/c1-2-3-4-11-14-17-20(25(22,23)24)18-15-12-9-7-5-6-8-10-13-16-19-21/h20-21H,2-19H2,1H3,(H,22,23,24). The SMILES string of the molecule is CCCCCCCC(CCCCCCCCCCCCO)S(=O)(=O)O. The molecule has 0 heterocycles. The third-order valence-electron chi connectivity index (χ3n) is 4.99. The summed E-state index contributed by atoms with van der Waals surface area (Å²) in [6.07, 6.45) is 18.1. The minimum Gasteiger partial charge on any atom is -0.396 e. The van der Waals surface area contributed by atoms with E-state index in [1.165, 1.54) is 44.9 Å². The average Bonchev–Trinajstić information content (AvgIpc) is 2.56. The van der Waals surface area contributed by atoms with E-state index in [0.29, 0.717) is 19.4 Å². The average molecular weight is 379 g/mol. The molecule has 0 aromatic rings. The topological polar surface area (TPSA) is 74.6 Å². The highest BCUT2D eigenvalue weighted by Gasteiger charge is 2.21. The predicted octanol–water partition coefficient (Wildman–Crippen LogP) is 5.89. The fourth-order valence-electron chi connectivity index (χ4n) is 3.32. The largest absolute Gasteiger partial charge is 0.396 e. The minimum absolute atomic E-state index is 0.309. The molecular weight excluding hydrogens is 336 g/mol. The summed E-state index contributed by atoms with van der Waals surface area (Å²) in [7, 11) is -3.89. The Hall–Kier alpha value is -0.130. The normalized spacial score (nSPS) is 13.2. The molecule has 1 atom stereocenters. The number of unbranched alkanes of at least 4 members (excludes halogenated alkanes) is 13. The molecule has 4 nitrogen and oxygen atoms in total. The van der Waals surface area contributed by atoms with Crippen LogP contribution in [0.15, 0.2) is 0 Å². The molecule has 0 aromatic heterocycles. The second kappa shape index (κ2) is 17.3. The molecule has 0 bridgehead atoms. The quantitative estimate of drug-likeness (QED) is 0.217. The molecule has 0 fully saturated rings.